The third kappa shape index (κ3) is 2.27. The second-order valence-corrected chi connectivity index (χ2v) is 4.73. The number of nitrogens with two attached hydrogens (primary N) is 1. The molecule has 0 atom stereocenters. The monoisotopic (exact) mass is 285 g/mol. The van der Waals surface area contributed by atoms with E-state index < -0.39 is 11.6 Å². The van der Waals surface area contributed by atoms with Gasteiger partial charge in [0.2, 0.25) is 0 Å². The van der Waals surface area contributed by atoms with Gasteiger partial charge < -0.3 is 5.73 Å². The predicted octanol–water partition coefficient (Wildman–Crippen LogP) is 3.71. The molecule has 2 N–H and O–H groups in total. The topological polar surface area (TPSA) is 43.8 Å². The molecule has 0 saturated carbocycles. The predicted molar refractivity (Wildman–Crippen MR) is 78.1 cm³/mol. The summed E-state index contributed by atoms with van der Waals surface area (Å²) in [6.07, 6.45) is 0. The molecule has 21 heavy (non-hydrogen) atoms. The van der Waals surface area contributed by atoms with Gasteiger partial charge in [-0.15, -0.1) is 0 Å². The molecular formula is C16H13F2N3. The molecular weight excluding hydrogens is 272 g/mol. The molecule has 2 aromatic carbocycles. The summed E-state index contributed by atoms with van der Waals surface area (Å²) in [5, 5.41) is 4.34. The van der Waals surface area contributed by atoms with E-state index in [-0.39, 0.29) is 5.56 Å². The second kappa shape index (κ2) is 5.01. The summed E-state index contributed by atoms with van der Waals surface area (Å²) < 4.78 is 28.8. The summed E-state index contributed by atoms with van der Waals surface area (Å²) in [5.41, 5.74) is 7.87. The van der Waals surface area contributed by atoms with E-state index in [1.165, 1.54) is 4.68 Å². The van der Waals surface area contributed by atoms with Crippen molar-refractivity contribution >= 4 is 5.82 Å². The van der Waals surface area contributed by atoms with Crippen molar-refractivity contribution in [2.75, 3.05) is 5.73 Å². The first-order valence-electron chi connectivity index (χ1n) is 6.44. The van der Waals surface area contributed by atoms with Crippen molar-refractivity contribution in [1.29, 1.82) is 0 Å². The fraction of sp³-hybridized carbons (Fsp3) is 0.0625. The maximum Gasteiger partial charge on any atom is 0.132 e. The van der Waals surface area contributed by atoms with Gasteiger partial charge in [0.25, 0.3) is 0 Å². The Bertz CT molecular complexity index is 795. The van der Waals surface area contributed by atoms with Gasteiger partial charge in [0.05, 0.1) is 5.69 Å². The standard InChI is InChI=1S/C16H13F2N3/c1-10-15(13-9-11(17)7-8-14(13)18)20-21(16(10)19)12-5-3-2-4-6-12/h2-9H,19H2,1H3. The molecule has 1 aromatic heterocycles. The second-order valence-electron chi connectivity index (χ2n) is 4.73. The molecule has 5 heteroatoms. The Morgan fingerprint density at radius 1 is 1.05 bits per heavy atom. The molecule has 0 saturated heterocycles. The number of aromatic nitrogens is 2. The number of nitrogens with zero attached hydrogens (tertiary/aromatic N) is 2. The maximum absolute atomic E-state index is 13.9. The molecule has 0 aliphatic heterocycles. The number of halogens is 2. The number of rotatable bonds is 2. The zero-order chi connectivity index (χ0) is 15.0. The van der Waals surface area contributed by atoms with Crippen molar-refractivity contribution in [3.63, 3.8) is 0 Å². The SMILES string of the molecule is Cc1c(-c2cc(F)ccc2F)nn(-c2ccccc2)c1N. The van der Waals surface area contributed by atoms with Gasteiger partial charge in [-0.05, 0) is 37.3 Å². The molecule has 0 aliphatic rings. The molecule has 3 nitrogen and oxygen atoms in total. The van der Waals surface area contributed by atoms with Crippen LogP contribution < -0.4 is 5.73 Å². The first-order chi connectivity index (χ1) is 10.1. The van der Waals surface area contributed by atoms with Crippen LogP contribution in [0.1, 0.15) is 5.56 Å². The third-order valence-corrected chi connectivity index (χ3v) is 3.35. The molecule has 0 bridgehead atoms. The van der Waals surface area contributed by atoms with Crippen LogP contribution >= 0.6 is 0 Å². The average molecular weight is 285 g/mol. The van der Waals surface area contributed by atoms with Gasteiger partial charge in [-0.2, -0.15) is 5.10 Å². The number of hydrogen-bond acceptors (Lipinski definition) is 2. The summed E-state index contributed by atoms with van der Waals surface area (Å²) in [7, 11) is 0. The quantitative estimate of drug-likeness (QED) is 0.780. The number of benzene rings is 2. The highest BCUT2D eigenvalue weighted by atomic mass is 19.1. The van der Waals surface area contributed by atoms with Gasteiger partial charge >= 0.3 is 0 Å². The third-order valence-electron chi connectivity index (χ3n) is 3.35. The van der Waals surface area contributed by atoms with E-state index >= 15 is 0 Å². The van der Waals surface area contributed by atoms with Crippen molar-refractivity contribution in [3.05, 3.63) is 65.7 Å². The molecule has 0 unspecified atom stereocenters. The van der Waals surface area contributed by atoms with Crippen molar-refractivity contribution in [3.8, 4) is 16.9 Å². The Kier molecular flexibility index (Phi) is 3.17. The molecule has 3 rings (SSSR count). The molecule has 0 spiro atoms. The zero-order valence-corrected chi connectivity index (χ0v) is 11.3. The van der Waals surface area contributed by atoms with E-state index in [0.717, 1.165) is 23.9 Å². The van der Waals surface area contributed by atoms with Crippen LogP contribution in [0.25, 0.3) is 16.9 Å². The van der Waals surface area contributed by atoms with E-state index in [1.54, 1.807) is 6.92 Å². The zero-order valence-electron chi connectivity index (χ0n) is 11.3. The van der Waals surface area contributed by atoms with Crippen molar-refractivity contribution in [1.82, 2.24) is 9.78 Å². The van der Waals surface area contributed by atoms with Crippen LogP contribution in [-0.4, -0.2) is 9.78 Å². The smallest absolute Gasteiger partial charge is 0.132 e. The minimum absolute atomic E-state index is 0.105. The molecule has 0 aliphatic carbocycles. The van der Waals surface area contributed by atoms with E-state index in [0.29, 0.717) is 17.1 Å². The molecule has 106 valence electrons. The van der Waals surface area contributed by atoms with Crippen LogP contribution in [0.4, 0.5) is 14.6 Å². The molecule has 1 heterocycles. The number of anilines is 1. The van der Waals surface area contributed by atoms with Gasteiger partial charge in [0, 0.05) is 11.1 Å². The Labute approximate surface area is 120 Å². The van der Waals surface area contributed by atoms with Crippen molar-refractivity contribution in [2.45, 2.75) is 6.92 Å². The van der Waals surface area contributed by atoms with Crippen LogP contribution in [0.15, 0.2) is 48.5 Å². The van der Waals surface area contributed by atoms with Crippen LogP contribution in [-0.2, 0) is 0 Å². The van der Waals surface area contributed by atoms with Crippen LogP contribution in [0.5, 0.6) is 0 Å². The highest BCUT2D eigenvalue weighted by Crippen LogP contribution is 2.30. The Balaban J connectivity index is 2.20. The molecule has 3 aromatic rings. The molecule has 0 fully saturated rings. The fourth-order valence-electron chi connectivity index (χ4n) is 2.21. The summed E-state index contributed by atoms with van der Waals surface area (Å²) >= 11 is 0. The fourth-order valence-corrected chi connectivity index (χ4v) is 2.21. The first-order valence-corrected chi connectivity index (χ1v) is 6.44. The van der Waals surface area contributed by atoms with E-state index in [4.69, 9.17) is 5.73 Å². The van der Waals surface area contributed by atoms with E-state index in [9.17, 15) is 8.78 Å². The number of nitrogen functional groups attached to an aromatic ring is 1. The Hall–Kier alpha value is -2.69. The summed E-state index contributed by atoms with van der Waals surface area (Å²) in [6, 6.07) is 12.6. The van der Waals surface area contributed by atoms with Gasteiger partial charge in [-0.1, -0.05) is 18.2 Å². The Morgan fingerprint density at radius 3 is 2.48 bits per heavy atom. The molecule has 0 radical (unpaired) electrons. The van der Waals surface area contributed by atoms with E-state index in [2.05, 4.69) is 5.10 Å². The lowest BCUT2D eigenvalue weighted by Crippen LogP contribution is -2.01. The minimum Gasteiger partial charge on any atom is -0.383 e. The summed E-state index contributed by atoms with van der Waals surface area (Å²) in [5.74, 6) is -0.643. The van der Waals surface area contributed by atoms with Gasteiger partial charge in [0.1, 0.15) is 23.1 Å². The first kappa shape index (κ1) is 13.3. The lowest BCUT2D eigenvalue weighted by Gasteiger charge is -2.03. The summed E-state index contributed by atoms with van der Waals surface area (Å²) in [4.78, 5) is 0. The Morgan fingerprint density at radius 2 is 1.76 bits per heavy atom. The average Bonchev–Trinajstić information content (AvgIpc) is 2.79. The largest absolute Gasteiger partial charge is 0.383 e. The van der Waals surface area contributed by atoms with Gasteiger partial charge in [-0.25, -0.2) is 13.5 Å². The lowest BCUT2D eigenvalue weighted by atomic mass is 10.1. The molecule has 0 amide bonds. The van der Waals surface area contributed by atoms with Gasteiger partial charge in [-0.3, -0.25) is 0 Å². The minimum atomic E-state index is -0.530. The number of hydrogen-bond donors (Lipinski definition) is 1. The number of para-hydroxylation sites is 1. The highest BCUT2D eigenvalue weighted by Gasteiger charge is 2.17. The van der Waals surface area contributed by atoms with Crippen molar-refractivity contribution < 1.29 is 8.78 Å². The van der Waals surface area contributed by atoms with Crippen molar-refractivity contribution in [2.24, 2.45) is 0 Å². The maximum atomic E-state index is 13.9. The summed E-state index contributed by atoms with van der Waals surface area (Å²) in [6.45, 7) is 1.74. The normalized spacial score (nSPS) is 10.8. The van der Waals surface area contributed by atoms with Crippen LogP contribution in [0, 0.1) is 18.6 Å². The van der Waals surface area contributed by atoms with Gasteiger partial charge in [0.15, 0.2) is 0 Å². The van der Waals surface area contributed by atoms with Crippen LogP contribution in [0.2, 0.25) is 0 Å². The lowest BCUT2D eigenvalue weighted by molar-refractivity contribution is 0.602. The van der Waals surface area contributed by atoms with Crippen LogP contribution in [0.3, 0.4) is 0 Å². The van der Waals surface area contributed by atoms with E-state index in [1.807, 2.05) is 30.3 Å². The highest BCUT2D eigenvalue weighted by molar-refractivity contribution is 5.69.